The standard InChI is InChI=1S/C19H26BrFN4O/c1-22-19(23-11-14-10-15(21)6-7-17(14)20)24-16-8-9-25(12-16)18(26)13-4-2-3-5-13/h6-7,10,13,16H,2-5,8-9,11-12H2,1H3,(H2,22,23,24). The van der Waals surface area contributed by atoms with Gasteiger partial charge >= 0.3 is 0 Å². The summed E-state index contributed by atoms with van der Waals surface area (Å²) < 4.78 is 14.3. The van der Waals surface area contributed by atoms with Crippen LogP contribution in [0, 0.1) is 11.7 Å². The van der Waals surface area contributed by atoms with Crippen molar-refractivity contribution >= 4 is 27.8 Å². The minimum atomic E-state index is -0.259. The molecule has 1 aliphatic carbocycles. The summed E-state index contributed by atoms with van der Waals surface area (Å²) in [5.74, 6) is 0.959. The van der Waals surface area contributed by atoms with E-state index < -0.39 is 0 Å². The van der Waals surface area contributed by atoms with Gasteiger partial charge in [0.2, 0.25) is 5.91 Å². The lowest BCUT2D eigenvalue weighted by Crippen LogP contribution is -2.45. The van der Waals surface area contributed by atoms with Gasteiger partial charge in [0.05, 0.1) is 0 Å². The Kier molecular flexibility index (Phi) is 6.51. The zero-order valence-electron chi connectivity index (χ0n) is 15.1. The lowest BCUT2D eigenvalue weighted by molar-refractivity contribution is -0.134. The van der Waals surface area contributed by atoms with Gasteiger partial charge in [0, 0.05) is 43.1 Å². The zero-order chi connectivity index (χ0) is 18.5. The van der Waals surface area contributed by atoms with Crippen molar-refractivity contribution in [3.63, 3.8) is 0 Å². The molecule has 2 fully saturated rings. The van der Waals surface area contributed by atoms with E-state index in [1.807, 2.05) is 4.90 Å². The summed E-state index contributed by atoms with van der Waals surface area (Å²) in [7, 11) is 1.71. The maximum Gasteiger partial charge on any atom is 0.225 e. The lowest BCUT2D eigenvalue weighted by atomic mass is 10.1. The highest BCUT2D eigenvalue weighted by molar-refractivity contribution is 9.10. The van der Waals surface area contributed by atoms with Gasteiger partial charge in [-0.2, -0.15) is 0 Å². The van der Waals surface area contributed by atoms with Crippen LogP contribution in [0.25, 0.3) is 0 Å². The van der Waals surface area contributed by atoms with E-state index >= 15 is 0 Å². The minimum absolute atomic E-state index is 0.197. The first-order valence-electron chi connectivity index (χ1n) is 9.26. The smallest absolute Gasteiger partial charge is 0.225 e. The number of halogens is 2. The van der Waals surface area contributed by atoms with Crippen LogP contribution in [0.1, 0.15) is 37.7 Å². The summed E-state index contributed by atoms with van der Waals surface area (Å²) in [6.45, 7) is 1.99. The Morgan fingerprint density at radius 3 is 2.85 bits per heavy atom. The Morgan fingerprint density at radius 1 is 1.35 bits per heavy atom. The van der Waals surface area contributed by atoms with Gasteiger partial charge in [-0.3, -0.25) is 9.79 Å². The third-order valence-corrected chi connectivity index (χ3v) is 6.00. The molecule has 7 heteroatoms. The van der Waals surface area contributed by atoms with Crippen molar-refractivity contribution in [2.45, 2.75) is 44.7 Å². The summed E-state index contributed by atoms with van der Waals surface area (Å²) in [5, 5.41) is 6.60. The number of carbonyl (C=O) groups excluding carboxylic acids is 1. The molecule has 5 nitrogen and oxygen atoms in total. The Balaban J connectivity index is 1.49. The number of nitrogens with zero attached hydrogens (tertiary/aromatic N) is 2. The van der Waals surface area contributed by atoms with Crippen LogP contribution in [-0.4, -0.2) is 42.9 Å². The summed E-state index contributed by atoms with van der Waals surface area (Å²) in [4.78, 5) is 18.8. The van der Waals surface area contributed by atoms with Crippen LogP contribution >= 0.6 is 15.9 Å². The summed E-state index contributed by atoms with van der Waals surface area (Å²) in [6, 6.07) is 4.82. The molecule has 0 bridgehead atoms. The highest BCUT2D eigenvalue weighted by Crippen LogP contribution is 2.27. The molecule has 1 atom stereocenters. The second-order valence-corrected chi connectivity index (χ2v) is 7.91. The van der Waals surface area contributed by atoms with Crippen LogP contribution in [0.3, 0.4) is 0 Å². The Hall–Kier alpha value is -1.63. The lowest BCUT2D eigenvalue weighted by Gasteiger charge is -2.21. The molecule has 1 amide bonds. The fourth-order valence-electron chi connectivity index (χ4n) is 3.75. The molecule has 1 unspecified atom stereocenters. The van der Waals surface area contributed by atoms with Gasteiger partial charge in [-0.25, -0.2) is 4.39 Å². The number of hydrogen-bond acceptors (Lipinski definition) is 2. The maximum atomic E-state index is 13.4. The van der Waals surface area contributed by atoms with E-state index in [0.717, 1.165) is 42.4 Å². The maximum absolute atomic E-state index is 13.4. The molecule has 1 aromatic carbocycles. The number of nitrogens with one attached hydrogen (secondary N) is 2. The Bertz CT molecular complexity index is 676. The molecule has 2 N–H and O–H groups in total. The molecule has 1 aliphatic heterocycles. The molecular formula is C19H26BrFN4O. The molecule has 3 rings (SSSR count). The first-order chi connectivity index (χ1) is 12.6. The molecule has 0 aromatic heterocycles. The first-order valence-corrected chi connectivity index (χ1v) is 10.1. The molecule has 0 radical (unpaired) electrons. The van der Waals surface area contributed by atoms with Crippen LogP contribution in [-0.2, 0) is 11.3 Å². The largest absolute Gasteiger partial charge is 0.352 e. The summed E-state index contributed by atoms with van der Waals surface area (Å²) in [6.07, 6.45) is 5.36. The van der Waals surface area contributed by atoms with E-state index in [9.17, 15) is 9.18 Å². The molecule has 1 aromatic rings. The van der Waals surface area contributed by atoms with Gasteiger partial charge in [0.15, 0.2) is 5.96 Å². The second-order valence-electron chi connectivity index (χ2n) is 7.06. The number of guanidine groups is 1. The van der Waals surface area contributed by atoms with E-state index in [1.165, 1.54) is 25.0 Å². The predicted octanol–water partition coefficient (Wildman–Crippen LogP) is 3.04. The van der Waals surface area contributed by atoms with E-state index in [-0.39, 0.29) is 17.8 Å². The monoisotopic (exact) mass is 424 g/mol. The third kappa shape index (κ3) is 4.75. The molecule has 1 saturated carbocycles. The molecule has 0 spiro atoms. The van der Waals surface area contributed by atoms with Gasteiger partial charge in [-0.1, -0.05) is 28.8 Å². The number of aliphatic imine (C=N–C) groups is 1. The van der Waals surface area contributed by atoms with E-state index in [1.54, 1.807) is 13.1 Å². The van der Waals surface area contributed by atoms with Gasteiger partial charge in [0.1, 0.15) is 5.82 Å². The number of rotatable bonds is 4. The number of likely N-dealkylation sites (tertiary alicyclic amines) is 1. The molecule has 1 heterocycles. The van der Waals surface area contributed by atoms with Crippen LogP contribution in [0.5, 0.6) is 0 Å². The quantitative estimate of drug-likeness (QED) is 0.576. The summed E-state index contributed by atoms with van der Waals surface area (Å²) >= 11 is 3.44. The number of carbonyl (C=O) groups is 1. The number of amides is 1. The molecule has 26 heavy (non-hydrogen) atoms. The highest BCUT2D eigenvalue weighted by atomic mass is 79.9. The van der Waals surface area contributed by atoms with Crippen molar-refractivity contribution in [2.24, 2.45) is 10.9 Å². The minimum Gasteiger partial charge on any atom is -0.352 e. The van der Waals surface area contributed by atoms with Gasteiger partial charge in [0.25, 0.3) is 0 Å². The Morgan fingerprint density at radius 2 is 2.12 bits per heavy atom. The van der Waals surface area contributed by atoms with Crippen LogP contribution < -0.4 is 10.6 Å². The van der Waals surface area contributed by atoms with Gasteiger partial charge < -0.3 is 15.5 Å². The van der Waals surface area contributed by atoms with Crippen molar-refractivity contribution in [1.29, 1.82) is 0 Å². The first kappa shape index (κ1) is 19.1. The normalized spacial score (nSPS) is 21.3. The van der Waals surface area contributed by atoms with Gasteiger partial charge in [-0.05, 0) is 43.0 Å². The predicted molar refractivity (Wildman–Crippen MR) is 104 cm³/mol. The van der Waals surface area contributed by atoms with E-state index in [2.05, 4.69) is 31.6 Å². The number of hydrogen-bond donors (Lipinski definition) is 2. The topological polar surface area (TPSA) is 56.7 Å². The highest BCUT2D eigenvalue weighted by Gasteiger charge is 2.32. The van der Waals surface area contributed by atoms with Crippen molar-refractivity contribution in [2.75, 3.05) is 20.1 Å². The van der Waals surface area contributed by atoms with Crippen molar-refractivity contribution in [1.82, 2.24) is 15.5 Å². The van der Waals surface area contributed by atoms with E-state index in [0.29, 0.717) is 18.4 Å². The summed E-state index contributed by atoms with van der Waals surface area (Å²) in [5.41, 5.74) is 0.831. The molecular weight excluding hydrogens is 399 g/mol. The average molecular weight is 425 g/mol. The fourth-order valence-corrected chi connectivity index (χ4v) is 4.14. The van der Waals surface area contributed by atoms with E-state index in [4.69, 9.17) is 0 Å². The molecule has 1 saturated heterocycles. The zero-order valence-corrected chi connectivity index (χ0v) is 16.7. The third-order valence-electron chi connectivity index (χ3n) is 5.22. The van der Waals surface area contributed by atoms with Crippen LogP contribution in [0.4, 0.5) is 4.39 Å². The van der Waals surface area contributed by atoms with Gasteiger partial charge in [-0.15, -0.1) is 0 Å². The molecule has 2 aliphatic rings. The van der Waals surface area contributed by atoms with Crippen molar-refractivity contribution < 1.29 is 9.18 Å². The Labute approximate surface area is 162 Å². The van der Waals surface area contributed by atoms with Crippen molar-refractivity contribution in [3.8, 4) is 0 Å². The fraction of sp³-hybridized carbons (Fsp3) is 0.579. The van der Waals surface area contributed by atoms with Crippen molar-refractivity contribution in [3.05, 3.63) is 34.1 Å². The SMILES string of the molecule is CN=C(NCc1cc(F)ccc1Br)NC1CCN(C(=O)C2CCCC2)C1. The second kappa shape index (κ2) is 8.84. The van der Waals surface area contributed by atoms with Crippen LogP contribution in [0.2, 0.25) is 0 Å². The molecule has 142 valence electrons. The average Bonchev–Trinajstić information content (AvgIpc) is 3.32. The number of benzene rings is 1. The van der Waals surface area contributed by atoms with Crippen LogP contribution in [0.15, 0.2) is 27.7 Å².